The lowest BCUT2D eigenvalue weighted by atomic mass is 9.97. The van der Waals surface area contributed by atoms with Gasteiger partial charge in [0, 0.05) is 29.6 Å². The lowest BCUT2D eigenvalue weighted by molar-refractivity contribution is 0.0608. The van der Waals surface area contributed by atoms with Crippen LogP contribution in [-0.4, -0.2) is 34.4 Å². The zero-order valence-electron chi connectivity index (χ0n) is 11.2. The van der Waals surface area contributed by atoms with Crippen LogP contribution in [0.3, 0.4) is 0 Å². The number of halogens is 1. The summed E-state index contributed by atoms with van der Waals surface area (Å²) in [6.07, 6.45) is 4.06. The van der Waals surface area contributed by atoms with Crippen molar-refractivity contribution in [3.8, 4) is 5.75 Å². The molecule has 4 heteroatoms. The molecule has 1 amide bonds. The molecule has 0 spiro atoms. The Morgan fingerprint density at radius 3 is 3.00 bits per heavy atom. The summed E-state index contributed by atoms with van der Waals surface area (Å²) >= 11 is 5.83. The average molecular weight is 282 g/mol. The summed E-state index contributed by atoms with van der Waals surface area (Å²) in [6, 6.07) is 5.35. The smallest absolute Gasteiger partial charge is 0.254 e. The summed E-state index contributed by atoms with van der Waals surface area (Å²) in [5, 5.41) is 9.72. The van der Waals surface area contributed by atoms with Gasteiger partial charge in [-0.25, -0.2) is 0 Å². The van der Waals surface area contributed by atoms with Crippen molar-refractivity contribution in [2.75, 3.05) is 12.4 Å². The number of nitrogens with zero attached hydrogens (tertiary/aromatic N) is 1. The quantitative estimate of drug-likeness (QED) is 0.864. The van der Waals surface area contributed by atoms with Gasteiger partial charge in [-0.3, -0.25) is 4.79 Å². The molecule has 0 aromatic heterocycles. The van der Waals surface area contributed by atoms with Crippen LogP contribution in [-0.2, 0) is 0 Å². The number of aromatic hydroxyl groups is 1. The lowest BCUT2D eigenvalue weighted by Gasteiger charge is -2.36. The number of carbonyl (C=O) groups excluding carboxylic acids is 1. The fraction of sp³-hybridized carbons (Fsp3) is 0.533. The summed E-state index contributed by atoms with van der Waals surface area (Å²) in [5.41, 5.74) is 1.25. The Morgan fingerprint density at radius 2 is 2.26 bits per heavy atom. The number of likely N-dealkylation sites (tertiary alicyclic amines) is 1. The Kier molecular flexibility index (Phi) is 4.70. The minimum Gasteiger partial charge on any atom is -0.508 e. The van der Waals surface area contributed by atoms with Gasteiger partial charge in [-0.15, -0.1) is 11.6 Å². The third kappa shape index (κ3) is 3.03. The van der Waals surface area contributed by atoms with Gasteiger partial charge in [-0.2, -0.15) is 0 Å². The van der Waals surface area contributed by atoms with E-state index in [1.165, 1.54) is 0 Å². The summed E-state index contributed by atoms with van der Waals surface area (Å²) < 4.78 is 0. The van der Waals surface area contributed by atoms with Crippen LogP contribution in [0.25, 0.3) is 0 Å². The number of hydrogen-bond acceptors (Lipinski definition) is 2. The van der Waals surface area contributed by atoms with E-state index in [0.29, 0.717) is 17.0 Å². The van der Waals surface area contributed by atoms with Crippen LogP contribution in [0.5, 0.6) is 5.75 Å². The molecule has 0 saturated carbocycles. The SMILES string of the molecule is Cc1c(O)cccc1C(=O)N1CCCCC1CCCl. The van der Waals surface area contributed by atoms with Gasteiger partial charge in [-0.05, 0) is 44.7 Å². The maximum atomic E-state index is 12.6. The molecule has 1 aliphatic rings. The number of amides is 1. The van der Waals surface area contributed by atoms with Crippen LogP contribution < -0.4 is 0 Å². The van der Waals surface area contributed by atoms with Crippen molar-refractivity contribution in [1.82, 2.24) is 4.90 Å². The van der Waals surface area contributed by atoms with Crippen molar-refractivity contribution >= 4 is 17.5 Å². The van der Waals surface area contributed by atoms with E-state index >= 15 is 0 Å². The fourth-order valence-corrected chi connectivity index (χ4v) is 2.96. The Labute approximate surface area is 119 Å². The highest BCUT2D eigenvalue weighted by Gasteiger charge is 2.28. The standard InChI is InChI=1S/C15H20ClNO2/c1-11-13(6-4-7-14(11)18)15(19)17-10-3-2-5-12(17)8-9-16/h4,6-7,12,18H,2-3,5,8-10H2,1H3. The molecule has 1 unspecified atom stereocenters. The molecule has 2 rings (SSSR count). The van der Waals surface area contributed by atoms with Gasteiger partial charge < -0.3 is 10.0 Å². The first kappa shape index (κ1) is 14.2. The zero-order chi connectivity index (χ0) is 13.8. The average Bonchev–Trinajstić information content (AvgIpc) is 2.42. The van der Waals surface area contributed by atoms with Gasteiger partial charge in [0.1, 0.15) is 5.75 Å². The molecule has 104 valence electrons. The van der Waals surface area contributed by atoms with Gasteiger partial charge >= 0.3 is 0 Å². The van der Waals surface area contributed by atoms with E-state index in [2.05, 4.69) is 0 Å². The first-order valence-electron chi connectivity index (χ1n) is 6.80. The molecular formula is C15H20ClNO2. The van der Waals surface area contributed by atoms with E-state index in [0.717, 1.165) is 32.2 Å². The number of phenols is 1. The predicted molar refractivity (Wildman–Crippen MR) is 76.9 cm³/mol. The number of alkyl halides is 1. The van der Waals surface area contributed by atoms with E-state index in [-0.39, 0.29) is 17.7 Å². The summed E-state index contributed by atoms with van der Waals surface area (Å²) in [5.74, 6) is 0.771. The third-order valence-electron chi connectivity index (χ3n) is 3.87. The molecule has 1 aromatic rings. The van der Waals surface area contributed by atoms with Gasteiger partial charge in [0.15, 0.2) is 0 Å². The molecule has 0 aliphatic carbocycles. The molecule has 19 heavy (non-hydrogen) atoms. The van der Waals surface area contributed by atoms with Gasteiger partial charge in [0.25, 0.3) is 5.91 Å². The number of hydrogen-bond donors (Lipinski definition) is 1. The van der Waals surface area contributed by atoms with Gasteiger partial charge in [-0.1, -0.05) is 6.07 Å². The lowest BCUT2D eigenvalue weighted by Crippen LogP contribution is -2.44. The van der Waals surface area contributed by atoms with Crippen molar-refractivity contribution in [2.24, 2.45) is 0 Å². The van der Waals surface area contributed by atoms with Crippen molar-refractivity contribution in [3.63, 3.8) is 0 Å². The Hall–Kier alpha value is -1.22. The molecule has 1 N–H and O–H groups in total. The Bertz CT molecular complexity index is 459. The van der Waals surface area contributed by atoms with E-state index in [9.17, 15) is 9.90 Å². The van der Waals surface area contributed by atoms with Gasteiger partial charge in [0.05, 0.1) is 0 Å². The van der Waals surface area contributed by atoms with Gasteiger partial charge in [0.2, 0.25) is 0 Å². The van der Waals surface area contributed by atoms with Crippen molar-refractivity contribution in [3.05, 3.63) is 29.3 Å². The van der Waals surface area contributed by atoms with Crippen molar-refractivity contribution in [1.29, 1.82) is 0 Å². The largest absolute Gasteiger partial charge is 0.508 e. The summed E-state index contributed by atoms with van der Waals surface area (Å²) in [4.78, 5) is 14.6. The van der Waals surface area contributed by atoms with Crippen LogP contribution in [0.4, 0.5) is 0 Å². The molecule has 1 fully saturated rings. The number of piperidine rings is 1. The summed E-state index contributed by atoms with van der Waals surface area (Å²) in [7, 11) is 0. The van der Waals surface area contributed by atoms with Crippen LogP contribution in [0.1, 0.15) is 41.6 Å². The van der Waals surface area contributed by atoms with Crippen molar-refractivity contribution in [2.45, 2.75) is 38.6 Å². The molecule has 0 bridgehead atoms. The maximum absolute atomic E-state index is 12.6. The Balaban J connectivity index is 2.23. The molecule has 0 radical (unpaired) electrons. The van der Waals surface area contributed by atoms with Crippen LogP contribution >= 0.6 is 11.6 Å². The Morgan fingerprint density at radius 1 is 1.47 bits per heavy atom. The zero-order valence-corrected chi connectivity index (χ0v) is 12.0. The minimum atomic E-state index is 0.0169. The number of phenolic OH excluding ortho intramolecular Hbond substituents is 1. The van der Waals surface area contributed by atoms with Crippen molar-refractivity contribution < 1.29 is 9.90 Å². The van der Waals surface area contributed by atoms with Crippen LogP contribution in [0, 0.1) is 6.92 Å². The summed E-state index contributed by atoms with van der Waals surface area (Å²) in [6.45, 7) is 2.57. The monoisotopic (exact) mass is 281 g/mol. The number of carbonyl (C=O) groups is 1. The maximum Gasteiger partial charge on any atom is 0.254 e. The number of rotatable bonds is 3. The number of benzene rings is 1. The first-order chi connectivity index (χ1) is 9.15. The molecule has 1 atom stereocenters. The molecule has 1 saturated heterocycles. The first-order valence-corrected chi connectivity index (χ1v) is 7.34. The highest BCUT2D eigenvalue weighted by Crippen LogP contribution is 2.26. The molecule has 1 aliphatic heterocycles. The molecule has 1 heterocycles. The second-order valence-electron chi connectivity index (χ2n) is 5.08. The van der Waals surface area contributed by atoms with E-state index in [4.69, 9.17) is 11.6 Å². The highest BCUT2D eigenvalue weighted by molar-refractivity contribution is 6.17. The molecular weight excluding hydrogens is 262 g/mol. The predicted octanol–water partition coefficient (Wildman–Crippen LogP) is 3.32. The molecule has 1 aromatic carbocycles. The minimum absolute atomic E-state index is 0.0169. The van der Waals surface area contributed by atoms with E-state index in [1.54, 1.807) is 25.1 Å². The van der Waals surface area contributed by atoms with E-state index in [1.807, 2.05) is 4.90 Å². The van der Waals surface area contributed by atoms with Crippen LogP contribution in [0.2, 0.25) is 0 Å². The highest BCUT2D eigenvalue weighted by atomic mass is 35.5. The fourth-order valence-electron chi connectivity index (χ4n) is 2.70. The second-order valence-corrected chi connectivity index (χ2v) is 5.45. The van der Waals surface area contributed by atoms with Crippen LogP contribution in [0.15, 0.2) is 18.2 Å². The normalized spacial score (nSPS) is 19.5. The topological polar surface area (TPSA) is 40.5 Å². The second kappa shape index (κ2) is 6.29. The molecule has 3 nitrogen and oxygen atoms in total. The van der Waals surface area contributed by atoms with E-state index < -0.39 is 0 Å². The third-order valence-corrected chi connectivity index (χ3v) is 4.08.